The average molecular weight is 373 g/mol. The number of ether oxygens (including phenoxy) is 1. The van der Waals surface area contributed by atoms with Gasteiger partial charge in [-0.1, -0.05) is 24.2 Å². The summed E-state index contributed by atoms with van der Waals surface area (Å²) in [6.07, 6.45) is 3.37. The Hall–Kier alpha value is -2.61. The normalized spacial score (nSPS) is 15.5. The quantitative estimate of drug-likeness (QED) is 0.775. The molecule has 0 spiro atoms. The third-order valence-electron chi connectivity index (χ3n) is 4.55. The number of hydrogen-bond acceptors (Lipinski definition) is 6. The second kappa shape index (κ2) is 9.36. The summed E-state index contributed by atoms with van der Waals surface area (Å²) in [5.41, 5.74) is 0.667. The van der Waals surface area contributed by atoms with Gasteiger partial charge in [0.2, 0.25) is 5.89 Å². The molecule has 0 radical (unpaired) electrons. The largest absolute Gasteiger partial charge is 0.488 e. The fourth-order valence-electron chi connectivity index (χ4n) is 2.94. The van der Waals surface area contributed by atoms with Gasteiger partial charge in [0.05, 0.1) is 5.69 Å². The van der Waals surface area contributed by atoms with Crippen LogP contribution in [0.5, 0.6) is 5.75 Å². The van der Waals surface area contributed by atoms with Gasteiger partial charge < -0.3 is 24.8 Å². The Labute approximate surface area is 159 Å². The van der Waals surface area contributed by atoms with E-state index in [1.54, 1.807) is 0 Å². The summed E-state index contributed by atoms with van der Waals surface area (Å²) in [4.78, 5) is 18.7. The van der Waals surface area contributed by atoms with Gasteiger partial charge in [-0.15, -0.1) is 0 Å². The van der Waals surface area contributed by atoms with E-state index in [-0.39, 0.29) is 12.1 Å². The van der Waals surface area contributed by atoms with Crippen molar-refractivity contribution in [2.45, 2.75) is 38.7 Å². The molecule has 27 heavy (non-hydrogen) atoms. The molecule has 1 saturated heterocycles. The fraction of sp³-hybridized carbons (Fsp3) is 0.526. The van der Waals surface area contributed by atoms with Gasteiger partial charge in [-0.2, -0.15) is 4.98 Å². The molecule has 8 heteroatoms. The number of aryl methyl sites for hydroxylation is 1. The van der Waals surface area contributed by atoms with Crippen LogP contribution in [0.2, 0.25) is 0 Å². The van der Waals surface area contributed by atoms with E-state index in [1.165, 1.54) is 0 Å². The molecule has 3 rings (SSSR count). The number of carbonyl (C=O) groups excluding carboxylic acids is 1. The molecule has 0 saturated carbocycles. The molecule has 2 amide bonds. The van der Waals surface area contributed by atoms with Crippen LogP contribution >= 0.6 is 0 Å². The number of aromatic nitrogens is 2. The van der Waals surface area contributed by atoms with Gasteiger partial charge in [0.15, 0.2) is 5.82 Å². The maximum Gasteiger partial charge on any atom is 0.319 e. The first-order valence-corrected chi connectivity index (χ1v) is 9.44. The van der Waals surface area contributed by atoms with E-state index in [4.69, 9.17) is 9.26 Å². The standard InChI is InChI=1S/C19H27N5O3/c1-3-17-22-18(27-23-17)8-11-20-19(25)21-15-6-4-5-7-16(15)26-14-9-12-24(2)13-10-14/h4-7,14H,3,8-13H2,1-2H3,(H2,20,21,25). The highest BCUT2D eigenvalue weighted by atomic mass is 16.5. The third-order valence-corrected chi connectivity index (χ3v) is 4.55. The van der Waals surface area contributed by atoms with Crippen LogP contribution in [0.25, 0.3) is 0 Å². The van der Waals surface area contributed by atoms with Crippen molar-refractivity contribution in [3.8, 4) is 5.75 Å². The highest BCUT2D eigenvalue weighted by Crippen LogP contribution is 2.27. The van der Waals surface area contributed by atoms with Crippen molar-refractivity contribution in [3.05, 3.63) is 36.0 Å². The van der Waals surface area contributed by atoms with E-state index in [0.29, 0.717) is 36.1 Å². The Kier molecular flexibility index (Phi) is 6.64. The predicted octanol–water partition coefficient (Wildman–Crippen LogP) is 2.47. The van der Waals surface area contributed by atoms with Gasteiger partial charge in [0, 0.05) is 32.5 Å². The average Bonchev–Trinajstić information content (AvgIpc) is 3.13. The van der Waals surface area contributed by atoms with Gasteiger partial charge in [-0.05, 0) is 32.0 Å². The Balaban J connectivity index is 1.48. The molecule has 1 aliphatic rings. The number of para-hydroxylation sites is 2. The number of benzene rings is 1. The molecule has 1 fully saturated rings. The third kappa shape index (κ3) is 5.68. The maximum absolute atomic E-state index is 12.2. The van der Waals surface area contributed by atoms with Gasteiger partial charge in [0.25, 0.3) is 0 Å². The first-order valence-electron chi connectivity index (χ1n) is 9.44. The van der Waals surface area contributed by atoms with Crippen LogP contribution in [0.15, 0.2) is 28.8 Å². The zero-order chi connectivity index (χ0) is 19.1. The molecule has 1 aromatic heterocycles. The maximum atomic E-state index is 12.2. The van der Waals surface area contributed by atoms with E-state index in [1.807, 2.05) is 31.2 Å². The van der Waals surface area contributed by atoms with Crippen molar-refractivity contribution >= 4 is 11.7 Å². The molecule has 0 aliphatic carbocycles. The number of nitrogens with one attached hydrogen (secondary N) is 2. The minimum atomic E-state index is -0.287. The van der Waals surface area contributed by atoms with Crippen molar-refractivity contribution < 1.29 is 14.1 Å². The molecule has 2 aromatic rings. The van der Waals surface area contributed by atoms with E-state index >= 15 is 0 Å². The first kappa shape index (κ1) is 19.2. The molecular weight excluding hydrogens is 346 g/mol. The van der Waals surface area contributed by atoms with E-state index in [2.05, 4.69) is 32.7 Å². The highest BCUT2D eigenvalue weighted by Gasteiger charge is 2.19. The minimum Gasteiger partial charge on any atom is -0.488 e. The summed E-state index contributed by atoms with van der Waals surface area (Å²) >= 11 is 0. The molecule has 0 atom stereocenters. The van der Waals surface area contributed by atoms with Gasteiger partial charge in [-0.25, -0.2) is 4.79 Å². The molecule has 8 nitrogen and oxygen atoms in total. The van der Waals surface area contributed by atoms with E-state index < -0.39 is 0 Å². The monoisotopic (exact) mass is 373 g/mol. The van der Waals surface area contributed by atoms with Crippen LogP contribution in [0, 0.1) is 0 Å². The lowest BCUT2D eigenvalue weighted by atomic mass is 10.1. The Morgan fingerprint density at radius 1 is 1.33 bits per heavy atom. The topological polar surface area (TPSA) is 92.5 Å². The van der Waals surface area contributed by atoms with Gasteiger partial charge in [-0.3, -0.25) is 0 Å². The summed E-state index contributed by atoms with van der Waals surface area (Å²) in [5, 5.41) is 9.50. The summed E-state index contributed by atoms with van der Waals surface area (Å²) in [7, 11) is 2.12. The van der Waals surface area contributed by atoms with Crippen LogP contribution in [0.1, 0.15) is 31.5 Å². The number of amides is 2. The number of hydrogen-bond donors (Lipinski definition) is 2. The second-order valence-electron chi connectivity index (χ2n) is 6.71. The second-order valence-corrected chi connectivity index (χ2v) is 6.71. The Bertz CT molecular complexity index is 740. The molecule has 1 aromatic carbocycles. The number of nitrogens with zero attached hydrogens (tertiary/aromatic N) is 3. The van der Waals surface area contributed by atoms with Gasteiger partial charge in [0.1, 0.15) is 11.9 Å². The molecule has 1 aliphatic heterocycles. The molecule has 0 unspecified atom stereocenters. The Morgan fingerprint density at radius 3 is 2.85 bits per heavy atom. The summed E-state index contributed by atoms with van der Waals surface area (Å²) in [5.74, 6) is 1.90. The molecule has 0 bridgehead atoms. The number of likely N-dealkylation sites (tertiary alicyclic amines) is 1. The van der Waals surface area contributed by atoms with Crippen molar-refractivity contribution in [1.82, 2.24) is 20.4 Å². The number of piperidine rings is 1. The Morgan fingerprint density at radius 2 is 2.11 bits per heavy atom. The number of urea groups is 1. The van der Waals surface area contributed by atoms with Crippen molar-refractivity contribution in [2.24, 2.45) is 0 Å². The molecule has 2 heterocycles. The van der Waals surface area contributed by atoms with Crippen LogP contribution < -0.4 is 15.4 Å². The lowest BCUT2D eigenvalue weighted by molar-refractivity contribution is 0.115. The highest BCUT2D eigenvalue weighted by molar-refractivity contribution is 5.90. The van der Waals surface area contributed by atoms with Crippen LogP contribution in [-0.4, -0.2) is 53.9 Å². The van der Waals surface area contributed by atoms with Crippen molar-refractivity contribution in [1.29, 1.82) is 0 Å². The zero-order valence-corrected chi connectivity index (χ0v) is 15.9. The minimum absolute atomic E-state index is 0.178. The summed E-state index contributed by atoms with van der Waals surface area (Å²) < 4.78 is 11.2. The smallest absolute Gasteiger partial charge is 0.319 e. The van der Waals surface area contributed by atoms with Gasteiger partial charge >= 0.3 is 6.03 Å². The predicted molar refractivity (Wildman–Crippen MR) is 102 cm³/mol. The number of rotatable bonds is 7. The molecule has 146 valence electrons. The SMILES string of the molecule is CCc1noc(CCNC(=O)Nc2ccccc2OC2CCN(C)CC2)n1. The lowest BCUT2D eigenvalue weighted by Gasteiger charge is -2.29. The number of anilines is 1. The zero-order valence-electron chi connectivity index (χ0n) is 15.9. The molecule has 2 N–H and O–H groups in total. The fourth-order valence-corrected chi connectivity index (χ4v) is 2.94. The van der Waals surface area contributed by atoms with Crippen LogP contribution in [0.4, 0.5) is 10.5 Å². The molecular formula is C19H27N5O3. The van der Waals surface area contributed by atoms with Crippen molar-refractivity contribution in [2.75, 3.05) is 32.0 Å². The summed E-state index contributed by atoms with van der Waals surface area (Å²) in [6, 6.07) is 7.23. The number of carbonyl (C=O) groups is 1. The van der Waals surface area contributed by atoms with E-state index in [0.717, 1.165) is 32.4 Å². The van der Waals surface area contributed by atoms with Crippen molar-refractivity contribution in [3.63, 3.8) is 0 Å². The summed E-state index contributed by atoms with van der Waals surface area (Å²) in [6.45, 7) is 4.42. The first-order chi connectivity index (χ1) is 13.1. The van der Waals surface area contributed by atoms with E-state index in [9.17, 15) is 4.79 Å². The van der Waals surface area contributed by atoms with Crippen LogP contribution in [-0.2, 0) is 12.8 Å². The van der Waals surface area contributed by atoms with Crippen LogP contribution in [0.3, 0.4) is 0 Å². The lowest BCUT2D eigenvalue weighted by Crippen LogP contribution is -2.36.